The van der Waals surface area contributed by atoms with Crippen molar-refractivity contribution in [2.75, 3.05) is 6.54 Å². The van der Waals surface area contributed by atoms with E-state index in [4.69, 9.17) is 0 Å². The number of rotatable bonds is 3. The number of hydrogen-bond acceptors (Lipinski definition) is 1. The van der Waals surface area contributed by atoms with Crippen LogP contribution in [0.25, 0.3) is 0 Å². The van der Waals surface area contributed by atoms with E-state index in [0.29, 0.717) is 6.54 Å². The monoisotopic (exact) mass is 203 g/mol. The van der Waals surface area contributed by atoms with E-state index in [2.05, 4.69) is 11.9 Å². The molecule has 80 valence electrons. The Morgan fingerprint density at radius 3 is 2.33 bits per heavy atom. The molecule has 0 aliphatic heterocycles. The summed E-state index contributed by atoms with van der Waals surface area (Å²) in [5, 5.41) is 2.79. The molecule has 0 atom stereocenters. The van der Waals surface area contributed by atoms with Gasteiger partial charge in [0.25, 0.3) is 5.91 Å². The molecule has 0 aliphatic rings. The molecule has 0 saturated carbocycles. The topological polar surface area (TPSA) is 29.1 Å². The van der Waals surface area contributed by atoms with Crippen molar-refractivity contribution in [3.8, 4) is 0 Å². The molecular formula is C13H17NO. The molecule has 1 N–H and O–H groups in total. The van der Waals surface area contributed by atoms with Crippen LogP contribution in [0.4, 0.5) is 0 Å². The van der Waals surface area contributed by atoms with Gasteiger partial charge < -0.3 is 5.32 Å². The Balaban J connectivity index is 3.03. The number of benzene rings is 1. The number of nitrogens with one attached hydrogen (secondary N) is 1. The first-order valence-corrected chi connectivity index (χ1v) is 5.03. The van der Waals surface area contributed by atoms with Crippen molar-refractivity contribution in [1.29, 1.82) is 0 Å². The zero-order valence-electron chi connectivity index (χ0n) is 9.55. The van der Waals surface area contributed by atoms with Crippen LogP contribution in [0.3, 0.4) is 0 Å². The first-order valence-electron chi connectivity index (χ1n) is 5.03. The Kier molecular flexibility index (Phi) is 3.67. The van der Waals surface area contributed by atoms with Gasteiger partial charge in [-0.3, -0.25) is 4.79 Å². The van der Waals surface area contributed by atoms with Gasteiger partial charge in [0.05, 0.1) is 0 Å². The normalized spacial score (nSPS) is 9.80. The maximum atomic E-state index is 11.8. The number of amides is 1. The maximum Gasteiger partial charge on any atom is 0.252 e. The lowest BCUT2D eigenvalue weighted by Gasteiger charge is -2.10. The molecule has 0 spiro atoms. The fraction of sp³-hybridized carbons (Fsp3) is 0.308. The van der Waals surface area contributed by atoms with Crippen molar-refractivity contribution in [1.82, 2.24) is 5.32 Å². The quantitative estimate of drug-likeness (QED) is 0.751. The zero-order valence-corrected chi connectivity index (χ0v) is 9.55. The maximum absolute atomic E-state index is 11.8. The molecule has 0 saturated heterocycles. The average molecular weight is 203 g/mol. The molecule has 2 heteroatoms. The van der Waals surface area contributed by atoms with E-state index < -0.39 is 0 Å². The van der Waals surface area contributed by atoms with Gasteiger partial charge in [-0.05, 0) is 31.9 Å². The molecule has 0 fully saturated rings. The molecule has 2 nitrogen and oxygen atoms in total. The van der Waals surface area contributed by atoms with E-state index in [9.17, 15) is 4.79 Å². The molecule has 1 rings (SSSR count). The minimum absolute atomic E-state index is 0.0232. The summed E-state index contributed by atoms with van der Waals surface area (Å²) in [5.41, 5.74) is 4.01. The number of carbonyl (C=O) groups is 1. The summed E-state index contributed by atoms with van der Waals surface area (Å²) in [5.74, 6) is -0.0232. The molecule has 1 aromatic carbocycles. The Morgan fingerprint density at radius 1 is 1.33 bits per heavy atom. The van der Waals surface area contributed by atoms with E-state index in [1.165, 1.54) is 5.56 Å². The Bertz CT molecular complexity index is 371. The molecule has 0 bridgehead atoms. The van der Waals surface area contributed by atoms with Crippen LogP contribution >= 0.6 is 0 Å². The third-order valence-corrected chi connectivity index (χ3v) is 2.31. The highest BCUT2D eigenvalue weighted by Crippen LogP contribution is 2.15. The van der Waals surface area contributed by atoms with Crippen LogP contribution < -0.4 is 5.32 Å². The van der Waals surface area contributed by atoms with Crippen molar-refractivity contribution in [2.45, 2.75) is 20.8 Å². The fourth-order valence-corrected chi connectivity index (χ4v) is 1.79. The second-order valence-corrected chi connectivity index (χ2v) is 3.77. The SMILES string of the molecule is C=CCNC(=O)c1c(C)cc(C)cc1C. The van der Waals surface area contributed by atoms with Gasteiger partial charge in [0.2, 0.25) is 0 Å². The van der Waals surface area contributed by atoms with E-state index >= 15 is 0 Å². The van der Waals surface area contributed by atoms with Crippen molar-refractivity contribution < 1.29 is 4.79 Å². The second kappa shape index (κ2) is 4.78. The van der Waals surface area contributed by atoms with Crippen LogP contribution in [-0.2, 0) is 0 Å². The van der Waals surface area contributed by atoms with Gasteiger partial charge in [-0.2, -0.15) is 0 Å². The van der Waals surface area contributed by atoms with Crippen molar-refractivity contribution >= 4 is 5.91 Å². The lowest BCUT2D eigenvalue weighted by Crippen LogP contribution is -2.25. The van der Waals surface area contributed by atoms with Crippen LogP contribution in [0.1, 0.15) is 27.0 Å². The summed E-state index contributed by atoms with van der Waals surface area (Å²) in [6.07, 6.45) is 1.68. The highest BCUT2D eigenvalue weighted by molar-refractivity contribution is 5.97. The van der Waals surface area contributed by atoms with Crippen molar-refractivity contribution in [3.05, 3.63) is 47.0 Å². The molecule has 0 heterocycles. The van der Waals surface area contributed by atoms with Gasteiger partial charge in [0, 0.05) is 12.1 Å². The van der Waals surface area contributed by atoms with Gasteiger partial charge in [-0.1, -0.05) is 23.8 Å². The summed E-state index contributed by atoms with van der Waals surface area (Å²) >= 11 is 0. The van der Waals surface area contributed by atoms with E-state index in [0.717, 1.165) is 16.7 Å². The first kappa shape index (κ1) is 11.5. The largest absolute Gasteiger partial charge is 0.349 e. The fourth-order valence-electron chi connectivity index (χ4n) is 1.79. The standard InChI is InChI=1S/C13H17NO/c1-5-6-14-13(15)12-10(3)7-9(2)8-11(12)4/h5,7-8H,1,6H2,2-4H3,(H,14,15). The molecule has 1 aromatic rings. The molecule has 15 heavy (non-hydrogen) atoms. The summed E-state index contributed by atoms with van der Waals surface area (Å²) < 4.78 is 0. The van der Waals surface area contributed by atoms with Crippen LogP contribution in [-0.4, -0.2) is 12.5 Å². The van der Waals surface area contributed by atoms with Gasteiger partial charge in [-0.15, -0.1) is 6.58 Å². The van der Waals surface area contributed by atoms with E-state index in [1.54, 1.807) is 6.08 Å². The van der Waals surface area contributed by atoms with Gasteiger partial charge in [-0.25, -0.2) is 0 Å². The molecule has 0 radical (unpaired) electrons. The average Bonchev–Trinajstić information content (AvgIpc) is 2.12. The first-order chi connectivity index (χ1) is 7.06. The van der Waals surface area contributed by atoms with E-state index in [-0.39, 0.29) is 5.91 Å². The third-order valence-electron chi connectivity index (χ3n) is 2.31. The molecule has 1 amide bonds. The summed E-state index contributed by atoms with van der Waals surface area (Å²) in [7, 11) is 0. The predicted octanol–water partition coefficient (Wildman–Crippen LogP) is 2.53. The number of hydrogen-bond donors (Lipinski definition) is 1. The number of aryl methyl sites for hydroxylation is 3. The van der Waals surface area contributed by atoms with Gasteiger partial charge in [0.1, 0.15) is 0 Å². The van der Waals surface area contributed by atoms with Crippen LogP contribution in [0.15, 0.2) is 24.8 Å². The second-order valence-electron chi connectivity index (χ2n) is 3.77. The highest BCUT2D eigenvalue weighted by atomic mass is 16.1. The van der Waals surface area contributed by atoms with Gasteiger partial charge in [0.15, 0.2) is 0 Å². The minimum Gasteiger partial charge on any atom is -0.349 e. The summed E-state index contributed by atoms with van der Waals surface area (Å²) in [6, 6.07) is 4.05. The van der Waals surface area contributed by atoms with E-state index in [1.807, 2.05) is 32.9 Å². The lowest BCUT2D eigenvalue weighted by molar-refractivity contribution is 0.0957. The Labute approximate surface area is 91.0 Å². The zero-order chi connectivity index (χ0) is 11.4. The van der Waals surface area contributed by atoms with Crippen LogP contribution in [0, 0.1) is 20.8 Å². The predicted molar refractivity (Wildman–Crippen MR) is 63.2 cm³/mol. The summed E-state index contributed by atoms with van der Waals surface area (Å²) in [6.45, 7) is 10.0. The minimum atomic E-state index is -0.0232. The molecule has 0 unspecified atom stereocenters. The van der Waals surface area contributed by atoms with Gasteiger partial charge >= 0.3 is 0 Å². The summed E-state index contributed by atoms with van der Waals surface area (Å²) in [4.78, 5) is 11.8. The molecular weight excluding hydrogens is 186 g/mol. The van der Waals surface area contributed by atoms with Crippen molar-refractivity contribution in [2.24, 2.45) is 0 Å². The molecule has 0 aromatic heterocycles. The highest BCUT2D eigenvalue weighted by Gasteiger charge is 2.11. The number of carbonyl (C=O) groups excluding carboxylic acids is 1. The Morgan fingerprint density at radius 2 is 1.87 bits per heavy atom. The Hall–Kier alpha value is -1.57. The van der Waals surface area contributed by atoms with Crippen LogP contribution in [0.2, 0.25) is 0 Å². The lowest BCUT2D eigenvalue weighted by atomic mass is 9.99. The molecule has 0 aliphatic carbocycles. The van der Waals surface area contributed by atoms with Crippen molar-refractivity contribution in [3.63, 3.8) is 0 Å². The third kappa shape index (κ3) is 2.69. The van der Waals surface area contributed by atoms with Crippen LogP contribution in [0.5, 0.6) is 0 Å². The smallest absolute Gasteiger partial charge is 0.252 e.